The lowest BCUT2D eigenvalue weighted by Crippen LogP contribution is -2.18. The first kappa shape index (κ1) is 17.8. The van der Waals surface area contributed by atoms with Crippen molar-refractivity contribution in [1.82, 2.24) is 15.3 Å². The number of ether oxygens (including phenoxy) is 1. The molecule has 0 bridgehead atoms. The Bertz CT molecular complexity index is 1090. The number of anilines is 1. The number of amides is 1. The fraction of sp³-hybridized carbons (Fsp3) is 0.190. The third-order valence-corrected chi connectivity index (χ3v) is 4.69. The highest BCUT2D eigenvalue weighted by atomic mass is 16.5. The van der Waals surface area contributed by atoms with Crippen LogP contribution in [-0.2, 0) is 13.0 Å². The molecule has 7 nitrogen and oxygen atoms in total. The number of hydrogen-bond acceptors (Lipinski definition) is 5. The van der Waals surface area contributed by atoms with Crippen molar-refractivity contribution in [2.24, 2.45) is 0 Å². The number of hydrogen-bond donors (Lipinski definition) is 3. The zero-order valence-corrected chi connectivity index (χ0v) is 15.4. The first-order valence-corrected chi connectivity index (χ1v) is 9.04. The molecule has 142 valence electrons. The van der Waals surface area contributed by atoms with Crippen LogP contribution in [0, 0.1) is 0 Å². The van der Waals surface area contributed by atoms with E-state index in [1.54, 1.807) is 25.5 Å². The summed E-state index contributed by atoms with van der Waals surface area (Å²) in [4.78, 5) is 30.6. The van der Waals surface area contributed by atoms with Gasteiger partial charge in [0.25, 0.3) is 5.91 Å². The Kier molecular flexibility index (Phi) is 4.80. The van der Waals surface area contributed by atoms with E-state index in [1.807, 2.05) is 24.3 Å². The van der Waals surface area contributed by atoms with Gasteiger partial charge in [0.1, 0.15) is 11.6 Å². The quantitative estimate of drug-likeness (QED) is 0.635. The third kappa shape index (κ3) is 3.46. The lowest BCUT2D eigenvalue weighted by Gasteiger charge is -2.13. The van der Waals surface area contributed by atoms with Gasteiger partial charge in [-0.1, -0.05) is 12.1 Å². The summed E-state index contributed by atoms with van der Waals surface area (Å²) in [7, 11) is 1.61. The van der Waals surface area contributed by atoms with Gasteiger partial charge in [-0.3, -0.25) is 9.59 Å². The minimum atomic E-state index is -0.164. The minimum Gasteiger partial charge on any atom is -0.492 e. The molecule has 1 aromatic carbocycles. The van der Waals surface area contributed by atoms with Crippen molar-refractivity contribution in [2.75, 3.05) is 19.0 Å². The number of fused-ring (bicyclic) bond motifs is 1. The molecule has 28 heavy (non-hydrogen) atoms. The monoisotopic (exact) mass is 376 g/mol. The summed E-state index contributed by atoms with van der Waals surface area (Å²) >= 11 is 0. The molecule has 0 radical (unpaired) electrons. The Morgan fingerprint density at radius 1 is 1.29 bits per heavy atom. The van der Waals surface area contributed by atoms with Crippen molar-refractivity contribution >= 4 is 11.7 Å². The average molecular weight is 376 g/mol. The van der Waals surface area contributed by atoms with Crippen LogP contribution in [-0.4, -0.2) is 29.5 Å². The molecule has 1 aliphatic rings. The maximum atomic E-state index is 11.8. The maximum Gasteiger partial charge on any atom is 0.251 e. The number of carbonyl (C=O) groups is 1. The summed E-state index contributed by atoms with van der Waals surface area (Å²) in [5.41, 5.74) is 4.02. The molecule has 0 saturated heterocycles. The van der Waals surface area contributed by atoms with E-state index in [1.165, 1.54) is 6.07 Å². The fourth-order valence-electron chi connectivity index (χ4n) is 3.31. The molecule has 1 aliphatic heterocycles. The van der Waals surface area contributed by atoms with E-state index < -0.39 is 0 Å². The molecule has 3 aromatic rings. The van der Waals surface area contributed by atoms with Crippen LogP contribution in [0.1, 0.15) is 21.5 Å². The molecule has 7 heteroatoms. The first-order valence-electron chi connectivity index (χ1n) is 9.04. The van der Waals surface area contributed by atoms with Gasteiger partial charge < -0.3 is 20.4 Å². The van der Waals surface area contributed by atoms with E-state index >= 15 is 0 Å². The number of rotatable bonds is 5. The van der Waals surface area contributed by atoms with Crippen molar-refractivity contribution in [3.05, 3.63) is 75.8 Å². The number of benzene rings is 1. The molecule has 3 N–H and O–H groups in total. The maximum absolute atomic E-state index is 11.8. The van der Waals surface area contributed by atoms with Crippen LogP contribution < -0.4 is 20.9 Å². The van der Waals surface area contributed by atoms with Gasteiger partial charge in [0.05, 0.1) is 6.61 Å². The topological polar surface area (TPSA) is 96.1 Å². The van der Waals surface area contributed by atoms with E-state index in [9.17, 15) is 9.59 Å². The van der Waals surface area contributed by atoms with E-state index in [2.05, 4.69) is 20.6 Å². The van der Waals surface area contributed by atoms with Crippen LogP contribution in [0.3, 0.4) is 0 Å². The Morgan fingerprint density at radius 2 is 2.18 bits per heavy atom. The van der Waals surface area contributed by atoms with Gasteiger partial charge in [0.15, 0.2) is 0 Å². The van der Waals surface area contributed by atoms with E-state index in [0.29, 0.717) is 18.7 Å². The molecule has 1 amide bonds. The van der Waals surface area contributed by atoms with Gasteiger partial charge in [0, 0.05) is 55.2 Å². The molecule has 2 aromatic heterocycles. The molecule has 0 fully saturated rings. The van der Waals surface area contributed by atoms with Gasteiger partial charge in [-0.25, -0.2) is 4.98 Å². The van der Waals surface area contributed by atoms with Crippen LogP contribution in [0.15, 0.2) is 53.6 Å². The number of nitrogens with one attached hydrogen (secondary N) is 3. The highest BCUT2D eigenvalue weighted by molar-refractivity contribution is 5.94. The normalized spacial score (nSPS) is 12.2. The summed E-state index contributed by atoms with van der Waals surface area (Å²) in [6, 6.07) is 10.8. The second kappa shape index (κ2) is 7.56. The van der Waals surface area contributed by atoms with E-state index in [4.69, 9.17) is 4.74 Å². The predicted octanol–water partition coefficient (Wildman–Crippen LogP) is 2.34. The number of nitrogens with zero attached hydrogens (tertiary/aromatic N) is 1. The summed E-state index contributed by atoms with van der Waals surface area (Å²) in [5.74, 6) is 1.41. The second-order valence-corrected chi connectivity index (χ2v) is 6.50. The summed E-state index contributed by atoms with van der Waals surface area (Å²) in [5, 5.41) is 5.97. The van der Waals surface area contributed by atoms with Crippen molar-refractivity contribution in [3.63, 3.8) is 0 Å². The van der Waals surface area contributed by atoms with Crippen molar-refractivity contribution in [2.45, 2.75) is 13.0 Å². The smallest absolute Gasteiger partial charge is 0.251 e. The SMILES string of the molecule is CNC(=O)c1cccc(CNc2ncc(-c3cc[nH]c(=O)c3)c3c2CCO3)c1. The standard InChI is InChI=1S/C21H20N4O3/c1-22-21(27)15-4-2-3-13(9-15)11-24-20-16-6-8-28-19(16)17(12-25-20)14-5-7-23-18(26)10-14/h2-5,7,9-10,12H,6,8,11H2,1H3,(H,22,27)(H,23,26)(H,24,25). The van der Waals surface area contributed by atoms with Gasteiger partial charge in [-0.05, 0) is 29.3 Å². The zero-order chi connectivity index (χ0) is 19.5. The predicted molar refractivity (Wildman–Crippen MR) is 107 cm³/mol. The molecule has 0 atom stereocenters. The summed E-state index contributed by atoms with van der Waals surface area (Å²) in [6.07, 6.45) is 4.09. The Balaban J connectivity index is 1.59. The van der Waals surface area contributed by atoms with E-state index in [-0.39, 0.29) is 11.5 Å². The van der Waals surface area contributed by atoms with Crippen molar-refractivity contribution < 1.29 is 9.53 Å². The largest absolute Gasteiger partial charge is 0.492 e. The van der Waals surface area contributed by atoms with Gasteiger partial charge in [-0.15, -0.1) is 0 Å². The van der Waals surface area contributed by atoms with Gasteiger partial charge in [0.2, 0.25) is 5.56 Å². The second-order valence-electron chi connectivity index (χ2n) is 6.50. The molecular formula is C21H20N4O3. The van der Waals surface area contributed by atoms with Gasteiger partial charge >= 0.3 is 0 Å². The summed E-state index contributed by atoms with van der Waals surface area (Å²) < 4.78 is 5.84. The average Bonchev–Trinajstić information content (AvgIpc) is 3.21. The molecule has 0 spiro atoms. The lowest BCUT2D eigenvalue weighted by atomic mass is 10.0. The molecule has 0 saturated carbocycles. The number of aromatic amines is 1. The van der Waals surface area contributed by atoms with E-state index in [0.717, 1.165) is 40.2 Å². The number of H-pyrrole nitrogens is 1. The molecule has 0 aliphatic carbocycles. The van der Waals surface area contributed by atoms with Crippen molar-refractivity contribution in [3.8, 4) is 16.9 Å². The first-order chi connectivity index (χ1) is 13.7. The van der Waals surface area contributed by atoms with Crippen LogP contribution in [0.25, 0.3) is 11.1 Å². The zero-order valence-electron chi connectivity index (χ0n) is 15.4. The molecule has 0 unspecified atom stereocenters. The van der Waals surface area contributed by atoms with Crippen molar-refractivity contribution in [1.29, 1.82) is 0 Å². The van der Waals surface area contributed by atoms with Gasteiger partial charge in [-0.2, -0.15) is 0 Å². The van der Waals surface area contributed by atoms with Crippen LogP contribution in [0.2, 0.25) is 0 Å². The summed E-state index contributed by atoms with van der Waals surface area (Å²) in [6.45, 7) is 1.12. The number of pyridine rings is 2. The molecule has 3 heterocycles. The number of carbonyl (C=O) groups excluding carboxylic acids is 1. The van der Waals surface area contributed by atoms with Crippen LogP contribution in [0.4, 0.5) is 5.82 Å². The number of aromatic nitrogens is 2. The lowest BCUT2D eigenvalue weighted by molar-refractivity contribution is 0.0963. The third-order valence-electron chi connectivity index (χ3n) is 4.69. The highest BCUT2D eigenvalue weighted by Crippen LogP contribution is 2.39. The minimum absolute atomic E-state index is 0.114. The molecular weight excluding hydrogens is 356 g/mol. The Hall–Kier alpha value is -3.61. The highest BCUT2D eigenvalue weighted by Gasteiger charge is 2.22. The van der Waals surface area contributed by atoms with Crippen LogP contribution in [0.5, 0.6) is 5.75 Å². The Morgan fingerprint density at radius 3 is 3.00 bits per heavy atom. The Labute approximate surface area is 161 Å². The fourth-order valence-corrected chi connectivity index (χ4v) is 3.31. The van der Waals surface area contributed by atoms with Crippen LogP contribution >= 0.6 is 0 Å². The molecule has 4 rings (SSSR count).